The molecule has 1 fully saturated rings. The van der Waals surface area contributed by atoms with Gasteiger partial charge in [-0.1, -0.05) is 18.2 Å². The molecule has 0 unspecified atom stereocenters. The van der Waals surface area contributed by atoms with Crippen molar-refractivity contribution in [2.24, 2.45) is 0 Å². The summed E-state index contributed by atoms with van der Waals surface area (Å²) < 4.78 is 18.4. The number of aromatic nitrogens is 1. The Morgan fingerprint density at radius 1 is 0.879 bits per heavy atom. The number of carbonyl (C=O) groups excluding carboxylic acids is 2. The summed E-state index contributed by atoms with van der Waals surface area (Å²) in [6, 6.07) is 20.9. The fourth-order valence-corrected chi connectivity index (χ4v) is 4.71. The smallest absolute Gasteiger partial charge is 0.276 e. The summed E-state index contributed by atoms with van der Waals surface area (Å²) in [6.07, 6.45) is 0. The SMILES string of the molecule is O=C(Nc1ccc(C(=O)N2CCN(c3ccc(F)cc3)CC2)cc1)c1nsc2ccccc12. The predicted octanol–water partition coefficient (Wildman–Crippen LogP) is 4.65. The van der Waals surface area contributed by atoms with Crippen molar-refractivity contribution < 1.29 is 14.0 Å². The number of amides is 2. The predicted molar refractivity (Wildman–Crippen MR) is 129 cm³/mol. The Bertz CT molecular complexity index is 1300. The molecular formula is C25H21FN4O2S. The summed E-state index contributed by atoms with van der Waals surface area (Å²) >= 11 is 1.29. The van der Waals surface area contributed by atoms with Crippen LogP contribution < -0.4 is 10.2 Å². The lowest BCUT2D eigenvalue weighted by Crippen LogP contribution is -2.48. The fourth-order valence-electron chi connectivity index (χ4n) is 3.94. The standard InChI is InChI=1S/C25H21FN4O2S/c26-18-7-11-20(12-8-18)29-13-15-30(16-14-29)25(32)17-5-9-19(10-6-17)27-24(31)23-21-3-1-2-4-22(21)33-28-23/h1-12H,13-16H2,(H,27,31). The van der Waals surface area contributed by atoms with E-state index in [1.54, 1.807) is 36.4 Å². The maximum atomic E-state index is 13.1. The van der Waals surface area contributed by atoms with E-state index >= 15 is 0 Å². The first-order valence-electron chi connectivity index (χ1n) is 10.6. The van der Waals surface area contributed by atoms with Crippen LogP contribution in [0.5, 0.6) is 0 Å². The molecule has 8 heteroatoms. The molecule has 0 saturated carbocycles. The van der Waals surface area contributed by atoms with Gasteiger partial charge in [-0.25, -0.2) is 4.39 Å². The molecule has 0 radical (unpaired) electrons. The number of piperazine rings is 1. The van der Waals surface area contributed by atoms with Gasteiger partial charge in [0, 0.05) is 48.5 Å². The molecule has 1 saturated heterocycles. The maximum absolute atomic E-state index is 13.1. The molecule has 2 amide bonds. The van der Waals surface area contributed by atoms with Gasteiger partial charge in [-0.05, 0) is 66.1 Å². The van der Waals surface area contributed by atoms with Crippen molar-refractivity contribution >= 4 is 44.8 Å². The quantitative estimate of drug-likeness (QED) is 0.482. The first-order valence-corrected chi connectivity index (χ1v) is 11.4. The zero-order chi connectivity index (χ0) is 22.8. The number of rotatable bonds is 4. The summed E-state index contributed by atoms with van der Waals surface area (Å²) in [4.78, 5) is 29.5. The van der Waals surface area contributed by atoms with Gasteiger partial charge in [0.1, 0.15) is 11.5 Å². The van der Waals surface area contributed by atoms with Crippen LogP contribution >= 0.6 is 11.5 Å². The lowest BCUT2D eigenvalue weighted by atomic mass is 10.1. The van der Waals surface area contributed by atoms with Crippen LogP contribution in [0.15, 0.2) is 72.8 Å². The Labute approximate surface area is 194 Å². The highest BCUT2D eigenvalue weighted by Crippen LogP contribution is 2.23. The van der Waals surface area contributed by atoms with Crippen LogP contribution in [0, 0.1) is 5.82 Å². The van der Waals surface area contributed by atoms with Gasteiger partial charge >= 0.3 is 0 Å². The molecule has 0 bridgehead atoms. The molecular weight excluding hydrogens is 439 g/mol. The Morgan fingerprint density at radius 3 is 2.30 bits per heavy atom. The second-order valence-corrected chi connectivity index (χ2v) is 8.62. The van der Waals surface area contributed by atoms with E-state index in [0.29, 0.717) is 43.1 Å². The monoisotopic (exact) mass is 460 g/mol. The van der Waals surface area contributed by atoms with Gasteiger partial charge in [-0.15, -0.1) is 0 Å². The second-order valence-electron chi connectivity index (χ2n) is 7.81. The van der Waals surface area contributed by atoms with Crippen molar-refractivity contribution in [3.8, 4) is 0 Å². The normalized spacial score (nSPS) is 13.8. The molecule has 6 nitrogen and oxygen atoms in total. The van der Waals surface area contributed by atoms with Crippen LogP contribution in [0.1, 0.15) is 20.8 Å². The van der Waals surface area contributed by atoms with Crippen molar-refractivity contribution in [1.82, 2.24) is 9.27 Å². The van der Waals surface area contributed by atoms with Crippen LogP contribution in [0.2, 0.25) is 0 Å². The van der Waals surface area contributed by atoms with Crippen molar-refractivity contribution in [3.05, 3.63) is 89.9 Å². The molecule has 5 rings (SSSR count). The van der Waals surface area contributed by atoms with Crippen LogP contribution in [0.4, 0.5) is 15.8 Å². The number of benzene rings is 3. The Morgan fingerprint density at radius 2 is 1.58 bits per heavy atom. The van der Waals surface area contributed by atoms with Gasteiger partial charge in [0.2, 0.25) is 0 Å². The first-order chi connectivity index (χ1) is 16.1. The van der Waals surface area contributed by atoms with Gasteiger partial charge in [0.05, 0.1) is 4.70 Å². The topological polar surface area (TPSA) is 65.5 Å². The van der Waals surface area contributed by atoms with E-state index < -0.39 is 0 Å². The van der Waals surface area contributed by atoms with Crippen LogP contribution in [-0.4, -0.2) is 47.3 Å². The summed E-state index contributed by atoms with van der Waals surface area (Å²) in [6.45, 7) is 2.55. The van der Waals surface area contributed by atoms with Crippen LogP contribution in [0.25, 0.3) is 10.1 Å². The van der Waals surface area contributed by atoms with Crippen molar-refractivity contribution in [2.45, 2.75) is 0 Å². The number of hydrogen-bond donors (Lipinski definition) is 1. The summed E-state index contributed by atoms with van der Waals surface area (Å²) in [5, 5.41) is 3.68. The number of nitrogens with zero attached hydrogens (tertiary/aromatic N) is 3. The molecule has 1 aliphatic rings. The molecule has 166 valence electrons. The van der Waals surface area contributed by atoms with E-state index in [9.17, 15) is 14.0 Å². The van der Waals surface area contributed by atoms with Gasteiger partial charge < -0.3 is 15.1 Å². The second kappa shape index (κ2) is 8.99. The fraction of sp³-hybridized carbons (Fsp3) is 0.160. The molecule has 0 aliphatic carbocycles. The third-order valence-corrected chi connectivity index (χ3v) is 6.57. The number of anilines is 2. The average molecular weight is 461 g/mol. The molecule has 4 aromatic rings. The van der Waals surface area contributed by atoms with Crippen molar-refractivity contribution in [2.75, 3.05) is 36.4 Å². The number of carbonyl (C=O) groups is 2. The van der Waals surface area contributed by atoms with Crippen molar-refractivity contribution in [3.63, 3.8) is 0 Å². The van der Waals surface area contributed by atoms with E-state index in [1.165, 1.54) is 23.7 Å². The first kappa shape index (κ1) is 21.1. The zero-order valence-corrected chi connectivity index (χ0v) is 18.5. The summed E-state index contributed by atoms with van der Waals surface area (Å²) in [5.41, 5.74) is 2.53. The minimum Gasteiger partial charge on any atom is -0.368 e. The van der Waals surface area contributed by atoms with Crippen LogP contribution in [-0.2, 0) is 0 Å². The van der Waals surface area contributed by atoms with E-state index in [-0.39, 0.29) is 17.6 Å². The van der Waals surface area contributed by atoms with Gasteiger partial charge in [0.25, 0.3) is 11.8 Å². The molecule has 2 heterocycles. The minimum atomic E-state index is -0.275. The van der Waals surface area contributed by atoms with E-state index in [1.807, 2.05) is 29.2 Å². The van der Waals surface area contributed by atoms with E-state index in [4.69, 9.17) is 0 Å². The number of halogens is 1. The largest absolute Gasteiger partial charge is 0.368 e. The number of fused-ring (bicyclic) bond motifs is 1. The zero-order valence-electron chi connectivity index (χ0n) is 17.7. The molecule has 0 atom stereocenters. The molecule has 1 aromatic heterocycles. The van der Waals surface area contributed by atoms with Gasteiger partial charge in [0.15, 0.2) is 0 Å². The van der Waals surface area contributed by atoms with E-state index in [2.05, 4.69) is 14.6 Å². The molecule has 3 aromatic carbocycles. The highest BCUT2D eigenvalue weighted by molar-refractivity contribution is 7.13. The Kier molecular flexibility index (Phi) is 5.75. The third kappa shape index (κ3) is 4.42. The third-order valence-electron chi connectivity index (χ3n) is 5.74. The van der Waals surface area contributed by atoms with Gasteiger partial charge in [-0.3, -0.25) is 9.59 Å². The summed E-state index contributed by atoms with van der Waals surface area (Å²) in [5.74, 6) is -0.576. The average Bonchev–Trinajstić information content (AvgIpc) is 3.29. The lowest BCUT2D eigenvalue weighted by molar-refractivity contribution is 0.0746. The number of hydrogen-bond acceptors (Lipinski definition) is 5. The minimum absolute atomic E-state index is 0.0443. The number of nitrogens with one attached hydrogen (secondary N) is 1. The molecule has 33 heavy (non-hydrogen) atoms. The van der Waals surface area contributed by atoms with Gasteiger partial charge in [-0.2, -0.15) is 4.37 Å². The van der Waals surface area contributed by atoms with Crippen LogP contribution in [0.3, 0.4) is 0 Å². The van der Waals surface area contributed by atoms with Crippen molar-refractivity contribution in [1.29, 1.82) is 0 Å². The highest BCUT2D eigenvalue weighted by atomic mass is 32.1. The lowest BCUT2D eigenvalue weighted by Gasteiger charge is -2.36. The molecule has 1 aliphatic heterocycles. The maximum Gasteiger partial charge on any atom is 0.276 e. The molecule has 0 spiro atoms. The van der Waals surface area contributed by atoms with E-state index in [0.717, 1.165) is 15.8 Å². The Hall–Kier alpha value is -3.78. The summed E-state index contributed by atoms with van der Waals surface area (Å²) in [7, 11) is 0. The highest BCUT2D eigenvalue weighted by Gasteiger charge is 2.22. The Balaban J connectivity index is 1.20. The molecule has 1 N–H and O–H groups in total.